The molecule has 0 fully saturated rings. The van der Waals surface area contributed by atoms with Crippen molar-refractivity contribution in [2.75, 3.05) is 0 Å². The molecule has 0 aliphatic heterocycles. The fraction of sp³-hybridized carbons (Fsp3) is 0.0435. The van der Waals surface area contributed by atoms with Crippen LogP contribution in [-0.4, -0.2) is 30.1 Å². The van der Waals surface area contributed by atoms with Gasteiger partial charge in [0.05, 0.1) is 23.1 Å². The van der Waals surface area contributed by atoms with Gasteiger partial charge in [-0.25, -0.2) is 4.98 Å². The van der Waals surface area contributed by atoms with E-state index >= 15 is 0 Å². The SMILES string of the molecule is Cc1ccncc1-c1cc2c(-c3cc4c(-c5ccsc5)ccnc4[nH]3)n[nH]c2cn1. The van der Waals surface area contributed by atoms with Crippen LogP contribution in [0.5, 0.6) is 0 Å². The standard InChI is InChI=1S/C23H16N6S/c1-13-2-5-24-10-18(13)19-9-17-21(11-26-19)28-29-22(17)20-8-16-15(14-4-7-30-12-14)3-6-25-23(16)27-20/h2-12H,1H3,(H,25,27)(H,28,29). The van der Waals surface area contributed by atoms with Crippen LogP contribution < -0.4 is 0 Å². The Morgan fingerprint density at radius 3 is 2.77 bits per heavy atom. The Kier molecular flexibility index (Phi) is 3.75. The van der Waals surface area contributed by atoms with Crippen molar-refractivity contribution in [2.24, 2.45) is 0 Å². The fourth-order valence-corrected chi connectivity index (χ4v) is 4.48. The number of thiophene rings is 1. The highest BCUT2D eigenvalue weighted by Crippen LogP contribution is 2.34. The van der Waals surface area contributed by atoms with E-state index in [4.69, 9.17) is 0 Å². The number of hydrogen-bond donors (Lipinski definition) is 2. The lowest BCUT2D eigenvalue weighted by Gasteiger charge is -2.04. The Morgan fingerprint density at radius 1 is 0.933 bits per heavy atom. The number of nitrogens with one attached hydrogen (secondary N) is 2. The molecule has 0 unspecified atom stereocenters. The predicted molar refractivity (Wildman–Crippen MR) is 120 cm³/mol. The number of fused-ring (bicyclic) bond motifs is 2. The third-order valence-electron chi connectivity index (χ3n) is 5.38. The molecule has 0 aliphatic carbocycles. The Bertz CT molecular complexity index is 1510. The maximum absolute atomic E-state index is 4.60. The van der Waals surface area contributed by atoms with E-state index in [1.54, 1.807) is 17.5 Å². The van der Waals surface area contributed by atoms with Crippen molar-refractivity contribution < 1.29 is 0 Å². The summed E-state index contributed by atoms with van der Waals surface area (Å²) < 4.78 is 0. The lowest BCUT2D eigenvalue weighted by molar-refractivity contribution is 1.11. The molecule has 0 amide bonds. The molecule has 6 heterocycles. The van der Waals surface area contributed by atoms with Gasteiger partial charge in [-0.05, 0) is 64.7 Å². The summed E-state index contributed by atoms with van der Waals surface area (Å²) in [6.45, 7) is 2.06. The summed E-state index contributed by atoms with van der Waals surface area (Å²) in [5.74, 6) is 0. The van der Waals surface area contributed by atoms with Gasteiger partial charge in [-0.3, -0.25) is 15.1 Å². The molecule has 0 atom stereocenters. The van der Waals surface area contributed by atoms with Gasteiger partial charge in [-0.1, -0.05) is 0 Å². The third-order valence-corrected chi connectivity index (χ3v) is 6.06. The van der Waals surface area contributed by atoms with Gasteiger partial charge >= 0.3 is 0 Å². The van der Waals surface area contributed by atoms with Gasteiger partial charge in [0.15, 0.2) is 0 Å². The van der Waals surface area contributed by atoms with Crippen molar-refractivity contribution in [3.8, 4) is 33.8 Å². The van der Waals surface area contributed by atoms with E-state index in [9.17, 15) is 0 Å². The van der Waals surface area contributed by atoms with E-state index in [-0.39, 0.29) is 0 Å². The van der Waals surface area contributed by atoms with Gasteiger partial charge in [0, 0.05) is 34.9 Å². The minimum atomic E-state index is 0.849. The highest BCUT2D eigenvalue weighted by molar-refractivity contribution is 7.08. The Hall–Kier alpha value is -3.84. The molecule has 7 heteroatoms. The molecule has 6 rings (SSSR count). The first-order chi connectivity index (χ1) is 14.8. The second-order valence-electron chi connectivity index (χ2n) is 7.19. The Balaban J connectivity index is 1.53. The summed E-state index contributed by atoms with van der Waals surface area (Å²) in [7, 11) is 0. The van der Waals surface area contributed by atoms with Gasteiger partial charge in [0.25, 0.3) is 0 Å². The van der Waals surface area contributed by atoms with E-state index < -0.39 is 0 Å². The molecule has 0 aromatic carbocycles. The van der Waals surface area contributed by atoms with E-state index in [1.807, 2.05) is 24.7 Å². The molecule has 144 valence electrons. The monoisotopic (exact) mass is 408 g/mol. The van der Waals surface area contributed by atoms with Crippen LogP contribution >= 0.6 is 11.3 Å². The fourth-order valence-electron chi connectivity index (χ4n) is 3.83. The number of aryl methyl sites for hydroxylation is 1. The zero-order valence-corrected chi connectivity index (χ0v) is 16.9. The summed E-state index contributed by atoms with van der Waals surface area (Å²) in [4.78, 5) is 16.8. The molecular weight excluding hydrogens is 392 g/mol. The highest BCUT2D eigenvalue weighted by Gasteiger charge is 2.15. The van der Waals surface area contributed by atoms with Crippen molar-refractivity contribution in [2.45, 2.75) is 6.92 Å². The quantitative estimate of drug-likeness (QED) is 0.399. The number of pyridine rings is 3. The molecule has 6 aromatic rings. The average Bonchev–Trinajstić information content (AvgIpc) is 3.51. The Labute approximate surface area is 175 Å². The summed E-state index contributed by atoms with van der Waals surface area (Å²) in [6.07, 6.45) is 7.31. The van der Waals surface area contributed by atoms with Gasteiger partial charge in [-0.2, -0.15) is 16.4 Å². The molecule has 0 bridgehead atoms. The van der Waals surface area contributed by atoms with Crippen molar-refractivity contribution in [1.29, 1.82) is 0 Å². The highest BCUT2D eigenvalue weighted by atomic mass is 32.1. The first-order valence-corrected chi connectivity index (χ1v) is 10.5. The van der Waals surface area contributed by atoms with Gasteiger partial charge in [0.2, 0.25) is 0 Å². The molecule has 6 aromatic heterocycles. The zero-order chi connectivity index (χ0) is 20.1. The van der Waals surface area contributed by atoms with Crippen LogP contribution in [0.3, 0.4) is 0 Å². The van der Waals surface area contributed by atoms with Crippen LogP contribution in [0.4, 0.5) is 0 Å². The average molecular weight is 408 g/mol. The first-order valence-electron chi connectivity index (χ1n) is 9.54. The lowest BCUT2D eigenvalue weighted by Crippen LogP contribution is -1.88. The number of aromatic amines is 2. The van der Waals surface area contributed by atoms with E-state index in [0.717, 1.165) is 55.7 Å². The smallest absolute Gasteiger partial charge is 0.138 e. The molecule has 0 aliphatic rings. The maximum atomic E-state index is 4.60. The van der Waals surface area contributed by atoms with Crippen molar-refractivity contribution in [3.63, 3.8) is 0 Å². The Morgan fingerprint density at radius 2 is 1.90 bits per heavy atom. The van der Waals surface area contributed by atoms with Gasteiger partial charge in [-0.15, -0.1) is 0 Å². The van der Waals surface area contributed by atoms with Crippen LogP contribution in [-0.2, 0) is 0 Å². The number of rotatable bonds is 3. The van der Waals surface area contributed by atoms with E-state index in [2.05, 4.69) is 72.1 Å². The topological polar surface area (TPSA) is 83.1 Å². The number of hydrogen-bond acceptors (Lipinski definition) is 5. The minimum absolute atomic E-state index is 0.849. The summed E-state index contributed by atoms with van der Waals surface area (Å²) in [5.41, 5.74) is 8.91. The predicted octanol–water partition coefficient (Wildman–Crippen LogP) is 5.60. The maximum Gasteiger partial charge on any atom is 0.138 e. The van der Waals surface area contributed by atoms with Gasteiger partial charge in [0.1, 0.15) is 11.3 Å². The molecule has 0 saturated carbocycles. The number of nitrogens with zero attached hydrogens (tertiary/aromatic N) is 4. The third kappa shape index (κ3) is 2.63. The molecule has 6 nitrogen and oxygen atoms in total. The van der Waals surface area contributed by atoms with Crippen molar-refractivity contribution in [1.82, 2.24) is 30.1 Å². The summed E-state index contributed by atoms with van der Waals surface area (Å²) in [6, 6.07) is 10.4. The second-order valence-corrected chi connectivity index (χ2v) is 7.97. The molecular formula is C23H16N6S. The van der Waals surface area contributed by atoms with E-state index in [0.29, 0.717) is 0 Å². The van der Waals surface area contributed by atoms with Crippen LogP contribution in [0.1, 0.15) is 5.56 Å². The minimum Gasteiger partial charge on any atom is -0.338 e. The van der Waals surface area contributed by atoms with Crippen LogP contribution in [0.15, 0.2) is 65.9 Å². The molecule has 30 heavy (non-hydrogen) atoms. The normalized spacial score (nSPS) is 11.5. The van der Waals surface area contributed by atoms with Crippen molar-refractivity contribution in [3.05, 3.63) is 71.4 Å². The lowest BCUT2D eigenvalue weighted by atomic mass is 10.1. The van der Waals surface area contributed by atoms with Gasteiger partial charge < -0.3 is 4.98 Å². The molecule has 0 saturated heterocycles. The molecule has 0 spiro atoms. The summed E-state index contributed by atoms with van der Waals surface area (Å²) >= 11 is 1.69. The number of aromatic nitrogens is 6. The zero-order valence-electron chi connectivity index (χ0n) is 16.0. The van der Waals surface area contributed by atoms with E-state index in [1.165, 1.54) is 5.56 Å². The van der Waals surface area contributed by atoms with Crippen LogP contribution in [0.2, 0.25) is 0 Å². The number of H-pyrrole nitrogens is 2. The summed E-state index contributed by atoms with van der Waals surface area (Å²) in [5, 5.41) is 14.0. The molecule has 0 radical (unpaired) electrons. The van der Waals surface area contributed by atoms with Crippen LogP contribution in [0, 0.1) is 6.92 Å². The second kappa shape index (κ2) is 6.60. The largest absolute Gasteiger partial charge is 0.338 e. The molecule has 2 N–H and O–H groups in total. The first kappa shape index (κ1) is 17.1. The van der Waals surface area contributed by atoms with Crippen LogP contribution in [0.25, 0.3) is 55.7 Å². The van der Waals surface area contributed by atoms with Crippen molar-refractivity contribution >= 4 is 33.3 Å².